The average Bonchev–Trinajstić information content (AvgIpc) is 2.64. The Balaban J connectivity index is 2.13. The van der Waals surface area contributed by atoms with Gasteiger partial charge in [-0.25, -0.2) is 4.98 Å². The van der Waals surface area contributed by atoms with Crippen molar-refractivity contribution >= 4 is 30.0 Å². The molecule has 0 spiro atoms. The Labute approximate surface area is 163 Å². The molecule has 0 aliphatic rings. The van der Waals surface area contributed by atoms with Crippen LogP contribution in [0.4, 0.5) is 0 Å². The monoisotopic (exact) mass is 388 g/mol. The third-order valence-corrected chi connectivity index (χ3v) is 4.15. The van der Waals surface area contributed by atoms with E-state index in [0.29, 0.717) is 17.5 Å². The predicted octanol–water partition coefficient (Wildman–Crippen LogP) is -0.348. The second-order valence-electron chi connectivity index (χ2n) is 7.09. The lowest BCUT2D eigenvalue weighted by molar-refractivity contribution is -0.125. The van der Waals surface area contributed by atoms with Crippen LogP contribution < -0.4 is 10.6 Å². The van der Waals surface area contributed by atoms with Crippen molar-refractivity contribution in [2.75, 3.05) is 0 Å². The second kappa shape index (κ2) is 9.58. The number of hydrogen-bond donors (Lipinski definition) is 5. The smallest absolute Gasteiger partial charge is 0.426 e. The van der Waals surface area contributed by atoms with Gasteiger partial charge in [-0.1, -0.05) is 26.0 Å². The number of rotatable bonds is 8. The van der Waals surface area contributed by atoms with Gasteiger partial charge in [0, 0.05) is 0 Å². The van der Waals surface area contributed by atoms with Gasteiger partial charge in [0.2, 0.25) is 5.91 Å². The largest absolute Gasteiger partial charge is 0.475 e. The Hall–Kier alpha value is -2.56. The molecular formula is C18H25BN4O5. The first-order valence-electron chi connectivity index (χ1n) is 9.06. The van der Waals surface area contributed by atoms with E-state index in [2.05, 4.69) is 20.6 Å². The number of carbonyl (C=O) groups excluding carboxylic acids is 2. The van der Waals surface area contributed by atoms with Gasteiger partial charge in [-0.3, -0.25) is 14.6 Å². The third-order valence-electron chi connectivity index (χ3n) is 4.15. The highest BCUT2D eigenvalue weighted by molar-refractivity contribution is 6.43. The van der Waals surface area contributed by atoms with Crippen molar-refractivity contribution in [1.82, 2.24) is 20.6 Å². The fraction of sp³-hybridized carbons (Fsp3) is 0.444. The quantitative estimate of drug-likeness (QED) is 0.389. The second-order valence-corrected chi connectivity index (χ2v) is 7.09. The molecule has 0 unspecified atom stereocenters. The van der Waals surface area contributed by atoms with Crippen LogP contribution >= 0.6 is 0 Å². The molecule has 1 aromatic carbocycles. The summed E-state index contributed by atoms with van der Waals surface area (Å²) in [6.45, 7) is 5.09. The summed E-state index contributed by atoms with van der Waals surface area (Å²) in [4.78, 5) is 33.4. The molecule has 2 amide bonds. The molecule has 1 heterocycles. The zero-order chi connectivity index (χ0) is 20.8. The number of para-hydroxylation sites is 2. The lowest BCUT2D eigenvalue weighted by atomic mass is 9.75. The van der Waals surface area contributed by atoms with E-state index in [-0.39, 0.29) is 11.6 Å². The molecule has 2 rings (SSSR count). The van der Waals surface area contributed by atoms with E-state index in [1.165, 1.54) is 13.1 Å². The standard InChI is InChI=1S/C18H25BN4O5/c1-10(2)8-15(19(27)28)22-18(26)16(11(3)24)23-17(25)14-9-20-12-6-4-5-7-13(12)21-14/h4-7,9-11,15-16,24,27-28H,8H2,1-3H3,(H,22,26)(H,23,25)/t11-,15+,16+/m1/s1. The fourth-order valence-electron chi connectivity index (χ4n) is 2.72. The van der Waals surface area contributed by atoms with Crippen LogP contribution in [0.5, 0.6) is 0 Å². The van der Waals surface area contributed by atoms with Crippen molar-refractivity contribution in [3.63, 3.8) is 0 Å². The number of aliphatic hydroxyl groups is 1. The van der Waals surface area contributed by atoms with Crippen LogP contribution in [0.15, 0.2) is 30.5 Å². The van der Waals surface area contributed by atoms with Crippen molar-refractivity contribution in [2.45, 2.75) is 45.3 Å². The number of carbonyl (C=O) groups is 2. The summed E-state index contributed by atoms with van der Waals surface area (Å²) in [5.74, 6) is -2.23. The van der Waals surface area contributed by atoms with Crippen molar-refractivity contribution < 1.29 is 24.7 Å². The molecule has 0 radical (unpaired) electrons. The molecule has 3 atom stereocenters. The highest BCUT2D eigenvalue weighted by Gasteiger charge is 2.32. The molecule has 0 saturated heterocycles. The number of amides is 2. The topological polar surface area (TPSA) is 145 Å². The zero-order valence-corrected chi connectivity index (χ0v) is 16.0. The van der Waals surface area contributed by atoms with Crippen LogP contribution in [0.1, 0.15) is 37.7 Å². The Morgan fingerprint density at radius 3 is 2.32 bits per heavy atom. The molecule has 150 valence electrons. The SMILES string of the molecule is CC(C)C[C@H](NC(=O)[C@@H](NC(=O)c1cnc2ccccc2n1)[C@@H](C)O)B(O)O. The summed E-state index contributed by atoms with van der Waals surface area (Å²) in [5.41, 5.74) is 1.14. The molecule has 28 heavy (non-hydrogen) atoms. The first-order valence-corrected chi connectivity index (χ1v) is 9.06. The van der Waals surface area contributed by atoms with E-state index in [0.717, 1.165) is 0 Å². The fourth-order valence-corrected chi connectivity index (χ4v) is 2.72. The predicted molar refractivity (Wildman–Crippen MR) is 104 cm³/mol. The average molecular weight is 388 g/mol. The Bertz CT molecular complexity index is 830. The molecule has 1 aromatic heterocycles. The van der Waals surface area contributed by atoms with Crippen LogP contribution in [-0.4, -0.2) is 62.1 Å². The van der Waals surface area contributed by atoms with Gasteiger partial charge in [0.25, 0.3) is 5.91 Å². The molecule has 0 fully saturated rings. The number of aromatic nitrogens is 2. The van der Waals surface area contributed by atoms with Gasteiger partial charge in [0.15, 0.2) is 0 Å². The van der Waals surface area contributed by atoms with Gasteiger partial charge < -0.3 is 25.8 Å². The van der Waals surface area contributed by atoms with Gasteiger partial charge in [0.1, 0.15) is 11.7 Å². The number of benzene rings is 1. The summed E-state index contributed by atoms with van der Waals surface area (Å²) in [6, 6.07) is 5.73. The number of hydrogen-bond acceptors (Lipinski definition) is 7. The molecule has 0 aliphatic heterocycles. The van der Waals surface area contributed by atoms with Crippen molar-refractivity contribution in [1.29, 1.82) is 0 Å². The van der Waals surface area contributed by atoms with Crippen LogP contribution in [0.2, 0.25) is 0 Å². The number of nitrogens with one attached hydrogen (secondary N) is 2. The Kier molecular flexibility index (Phi) is 7.44. The lowest BCUT2D eigenvalue weighted by Crippen LogP contribution is -2.57. The van der Waals surface area contributed by atoms with E-state index < -0.39 is 37.0 Å². The van der Waals surface area contributed by atoms with Crippen LogP contribution in [0, 0.1) is 5.92 Å². The highest BCUT2D eigenvalue weighted by Crippen LogP contribution is 2.10. The van der Waals surface area contributed by atoms with Crippen molar-refractivity contribution in [2.24, 2.45) is 5.92 Å². The molecule has 0 aliphatic carbocycles. The Morgan fingerprint density at radius 1 is 1.11 bits per heavy atom. The maximum atomic E-state index is 12.5. The number of nitrogens with zero attached hydrogens (tertiary/aromatic N) is 2. The van der Waals surface area contributed by atoms with Crippen LogP contribution in [0.25, 0.3) is 11.0 Å². The van der Waals surface area contributed by atoms with E-state index in [1.54, 1.807) is 24.3 Å². The van der Waals surface area contributed by atoms with Gasteiger partial charge in [-0.05, 0) is 31.4 Å². The molecule has 0 saturated carbocycles. The zero-order valence-electron chi connectivity index (χ0n) is 16.0. The molecule has 5 N–H and O–H groups in total. The normalized spacial score (nSPS) is 14.4. The summed E-state index contributed by atoms with van der Waals surface area (Å²) in [6.07, 6.45) is 0.390. The minimum Gasteiger partial charge on any atom is -0.426 e. The maximum Gasteiger partial charge on any atom is 0.475 e. The van der Waals surface area contributed by atoms with Gasteiger partial charge >= 0.3 is 7.12 Å². The van der Waals surface area contributed by atoms with E-state index >= 15 is 0 Å². The highest BCUT2D eigenvalue weighted by atomic mass is 16.4. The van der Waals surface area contributed by atoms with Gasteiger partial charge in [-0.2, -0.15) is 0 Å². The Morgan fingerprint density at radius 2 is 1.75 bits per heavy atom. The molecule has 2 aromatic rings. The molecule has 9 nitrogen and oxygen atoms in total. The molecular weight excluding hydrogens is 363 g/mol. The number of fused-ring (bicyclic) bond motifs is 1. The van der Waals surface area contributed by atoms with Crippen molar-refractivity contribution in [3.8, 4) is 0 Å². The first kappa shape index (κ1) is 21.7. The van der Waals surface area contributed by atoms with E-state index in [4.69, 9.17) is 0 Å². The maximum absolute atomic E-state index is 12.5. The number of aliphatic hydroxyl groups excluding tert-OH is 1. The van der Waals surface area contributed by atoms with E-state index in [1.807, 2.05) is 13.8 Å². The van der Waals surface area contributed by atoms with Gasteiger partial charge in [-0.15, -0.1) is 0 Å². The lowest BCUT2D eigenvalue weighted by Gasteiger charge is -2.25. The summed E-state index contributed by atoms with van der Waals surface area (Å²) in [7, 11) is -1.76. The molecule has 0 bridgehead atoms. The first-order chi connectivity index (χ1) is 13.2. The summed E-state index contributed by atoms with van der Waals surface area (Å²) < 4.78 is 0. The summed E-state index contributed by atoms with van der Waals surface area (Å²) >= 11 is 0. The minimum absolute atomic E-state index is 0.00178. The minimum atomic E-state index is -1.76. The summed E-state index contributed by atoms with van der Waals surface area (Å²) in [5, 5.41) is 33.8. The van der Waals surface area contributed by atoms with Crippen LogP contribution in [0.3, 0.4) is 0 Å². The van der Waals surface area contributed by atoms with Crippen LogP contribution in [-0.2, 0) is 4.79 Å². The van der Waals surface area contributed by atoms with Gasteiger partial charge in [0.05, 0.1) is 29.3 Å². The molecule has 10 heteroatoms. The van der Waals surface area contributed by atoms with E-state index in [9.17, 15) is 24.7 Å². The van der Waals surface area contributed by atoms with Crippen molar-refractivity contribution in [3.05, 3.63) is 36.2 Å². The third kappa shape index (κ3) is 5.72.